The van der Waals surface area contributed by atoms with Gasteiger partial charge in [-0.1, -0.05) is 74.5 Å². The predicted molar refractivity (Wildman–Crippen MR) is 141 cm³/mol. The standard InChI is InChI=1S/C30H34N2O3/c1-21(2)19-32-26-16-15-24(17-27(26)35-20-30(3,4)29(32)34)31-28(33)18-25(22-11-7-5-8-12-22)23-13-9-6-10-14-23/h5-17,21,25H,18-20H2,1-4H3,(H,31,33). The fourth-order valence-electron chi connectivity index (χ4n) is 4.47. The van der Waals surface area contributed by atoms with Gasteiger partial charge in [0.05, 0.1) is 11.1 Å². The summed E-state index contributed by atoms with van der Waals surface area (Å²) in [6.45, 7) is 8.90. The smallest absolute Gasteiger partial charge is 0.236 e. The van der Waals surface area contributed by atoms with Gasteiger partial charge in [-0.15, -0.1) is 0 Å². The molecule has 35 heavy (non-hydrogen) atoms. The quantitative estimate of drug-likeness (QED) is 0.444. The maximum absolute atomic E-state index is 13.2. The topological polar surface area (TPSA) is 58.6 Å². The number of nitrogens with one attached hydrogen (secondary N) is 1. The van der Waals surface area contributed by atoms with E-state index < -0.39 is 5.41 Å². The number of rotatable bonds is 7. The first-order chi connectivity index (χ1) is 16.7. The molecule has 5 heteroatoms. The summed E-state index contributed by atoms with van der Waals surface area (Å²) in [7, 11) is 0. The van der Waals surface area contributed by atoms with Crippen LogP contribution in [0.4, 0.5) is 11.4 Å². The summed E-state index contributed by atoms with van der Waals surface area (Å²) in [5.74, 6) is 0.856. The second-order valence-corrected chi connectivity index (χ2v) is 10.3. The Bertz CT molecular complexity index is 1130. The van der Waals surface area contributed by atoms with Crippen LogP contribution in [-0.4, -0.2) is 25.0 Å². The molecule has 3 aromatic rings. The van der Waals surface area contributed by atoms with Gasteiger partial charge in [0.25, 0.3) is 0 Å². The lowest BCUT2D eigenvalue weighted by atomic mass is 9.88. The van der Waals surface area contributed by atoms with E-state index in [2.05, 4.69) is 43.4 Å². The molecule has 5 nitrogen and oxygen atoms in total. The number of carbonyl (C=O) groups excluding carboxylic acids is 2. The van der Waals surface area contributed by atoms with Crippen molar-refractivity contribution in [2.45, 2.75) is 40.0 Å². The molecule has 182 valence electrons. The number of hydrogen-bond donors (Lipinski definition) is 1. The highest BCUT2D eigenvalue weighted by Gasteiger charge is 2.38. The van der Waals surface area contributed by atoms with E-state index in [4.69, 9.17) is 4.74 Å². The summed E-state index contributed by atoms with van der Waals surface area (Å²) < 4.78 is 6.07. The third kappa shape index (κ3) is 5.73. The van der Waals surface area contributed by atoms with Crippen LogP contribution in [0.3, 0.4) is 0 Å². The molecule has 0 saturated heterocycles. The lowest BCUT2D eigenvalue weighted by molar-refractivity contribution is -0.127. The molecule has 4 rings (SSSR count). The van der Waals surface area contributed by atoms with Crippen LogP contribution in [0.25, 0.3) is 0 Å². The van der Waals surface area contributed by atoms with Crippen molar-refractivity contribution in [3.05, 3.63) is 90.0 Å². The van der Waals surface area contributed by atoms with Crippen molar-refractivity contribution < 1.29 is 14.3 Å². The maximum Gasteiger partial charge on any atom is 0.236 e. The largest absolute Gasteiger partial charge is 0.490 e. The summed E-state index contributed by atoms with van der Waals surface area (Å²) in [4.78, 5) is 28.2. The number of anilines is 2. The zero-order chi connectivity index (χ0) is 25.0. The monoisotopic (exact) mass is 470 g/mol. The van der Waals surface area contributed by atoms with E-state index >= 15 is 0 Å². The number of amides is 2. The fraction of sp³-hybridized carbons (Fsp3) is 0.333. The zero-order valence-corrected chi connectivity index (χ0v) is 21.0. The van der Waals surface area contributed by atoms with Crippen molar-refractivity contribution in [1.29, 1.82) is 0 Å². The van der Waals surface area contributed by atoms with Crippen LogP contribution in [0, 0.1) is 11.3 Å². The molecule has 2 amide bonds. The first kappa shape index (κ1) is 24.5. The third-order valence-corrected chi connectivity index (χ3v) is 6.29. The SMILES string of the molecule is CC(C)CN1C(=O)C(C)(C)COc2cc(NC(=O)CC(c3ccccc3)c3ccccc3)ccc21. The van der Waals surface area contributed by atoms with Crippen molar-refractivity contribution in [3.63, 3.8) is 0 Å². The molecule has 0 unspecified atom stereocenters. The summed E-state index contributed by atoms with van der Waals surface area (Å²) >= 11 is 0. The van der Waals surface area contributed by atoms with Gasteiger partial charge in [-0.05, 0) is 43.0 Å². The summed E-state index contributed by atoms with van der Waals surface area (Å²) in [6.07, 6.45) is 0.316. The molecule has 0 fully saturated rings. The first-order valence-corrected chi connectivity index (χ1v) is 12.2. The number of ether oxygens (including phenoxy) is 1. The van der Waals surface area contributed by atoms with Crippen molar-refractivity contribution in [1.82, 2.24) is 0 Å². The van der Waals surface area contributed by atoms with E-state index in [-0.39, 0.29) is 24.3 Å². The summed E-state index contributed by atoms with van der Waals surface area (Å²) in [6, 6.07) is 25.7. The Balaban J connectivity index is 1.56. The molecular formula is C30H34N2O3. The van der Waals surface area contributed by atoms with E-state index in [0.717, 1.165) is 16.8 Å². The molecule has 0 radical (unpaired) electrons. The lowest BCUT2D eigenvalue weighted by Gasteiger charge is -2.29. The van der Waals surface area contributed by atoms with Gasteiger partial charge in [-0.2, -0.15) is 0 Å². The molecule has 1 N–H and O–H groups in total. The van der Waals surface area contributed by atoms with Crippen LogP contribution in [0.1, 0.15) is 51.2 Å². The number of benzene rings is 3. The lowest BCUT2D eigenvalue weighted by Crippen LogP contribution is -2.43. The second kappa shape index (κ2) is 10.3. The van der Waals surface area contributed by atoms with Crippen LogP contribution in [0.2, 0.25) is 0 Å². The van der Waals surface area contributed by atoms with Gasteiger partial charge in [0.1, 0.15) is 12.4 Å². The summed E-state index contributed by atoms with van der Waals surface area (Å²) in [5, 5.41) is 3.05. The van der Waals surface area contributed by atoms with Crippen LogP contribution in [0.15, 0.2) is 78.9 Å². The zero-order valence-electron chi connectivity index (χ0n) is 21.0. The Hall–Kier alpha value is -3.60. The van der Waals surface area contributed by atoms with E-state index in [0.29, 0.717) is 30.3 Å². The Kier molecular flexibility index (Phi) is 7.25. The molecule has 0 bridgehead atoms. The first-order valence-electron chi connectivity index (χ1n) is 12.2. The number of nitrogens with zero attached hydrogens (tertiary/aromatic N) is 1. The Morgan fingerprint density at radius 3 is 2.14 bits per heavy atom. The van der Waals surface area contributed by atoms with Crippen molar-refractivity contribution in [2.24, 2.45) is 11.3 Å². The molecule has 0 aromatic heterocycles. The fourth-order valence-corrected chi connectivity index (χ4v) is 4.47. The molecule has 0 spiro atoms. The van der Waals surface area contributed by atoms with Gasteiger partial charge in [0.2, 0.25) is 11.8 Å². The molecular weight excluding hydrogens is 436 g/mol. The highest BCUT2D eigenvalue weighted by Crippen LogP contribution is 2.39. The molecule has 0 saturated carbocycles. The summed E-state index contributed by atoms with van der Waals surface area (Å²) in [5.41, 5.74) is 2.98. The molecule has 0 atom stereocenters. The molecule has 1 aliphatic rings. The van der Waals surface area contributed by atoms with Gasteiger partial charge in [0.15, 0.2) is 0 Å². The third-order valence-electron chi connectivity index (χ3n) is 6.29. The minimum atomic E-state index is -0.629. The van der Waals surface area contributed by atoms with Gasteiger partial charge < -0.3 is 15.0 Å². The minimum absolute atomic E-state index is 0.0468. The molecule has 1 heterocycles. The van der Waals surface area contributed by atoms with Crippen molar-refractivity contribution >= 4 is 23.2 Å². The van der Waals surface area contributed by atoms with E-state index in [9.17, 15) is 9.59 Å². The normalized spacial score (nSPS) is 14.9. The average Bonchev–Trinajstić information content (AvgIpc) is 2.93. The Morgan fingerprint density at radius 1 is 0.971 bits per heavy atom. The minimum Gasteiger partial charge on any atom is -0.490 e. The average molecular weight is 471 g/mol. The molecule has 1 aliphatic heterocycles. The highest BCUT2D eigenvalue weighted by molar-refractivity contribution is 6.00. The Labute approximate surface area is 208 Å². The van der Waals surface area contributed by atoms with Crippen LogP contribution in [-0.2, 0) is 9.59 Å². The van der Waals surface area contributed by atoms with E-state index in [1.807, 2.05) is 73.3 Å². The highest BCUT2D eigenvalue weighted by atomic mass is 16.5. The Morgan fingerprint density at radius 2 is 1.57 bits per heavy atom. The van der Waals surface area contributed by atoms with E-state index in [1.54, 1.807) is 0 Å². The van der Waals surface area contributed by atoms with Gasteiger partial charge in [-0.25, -0.2) is 0 Å². The predicted octanol–water partition coefficient (Wildman–Crippen LogP) is 6.25. The van der Waals surface area contributed by atoms with Crippen LogP contribution < -0.4 is 15.0 Å². The second-order valence-electron chi connectivity index (χ2n) is 10.3. The van der Waals surface area contributed by atoms with Gasteiger partial charge >= 0.3 is 0 Å². The van der Waals surface area contributed by atoms with Crippen molar-refractivity contribution in [2.75, 3.05) is 23.4 Å². The molecule has 3 aromatic carbocycles. The van der Waals surface area contributed by atoms with Crippen molar-refractivity contribution in [3.8, 4) is 5.75 Å². The maximum atomic E-state index is 13.2. The number of fused-ring (bicyclic) bond motifs is 1. The van der Waals surface area contributed by atoms with E-state index in [1.165, 1.54) is 0 Å². The van der Waals surface area contributed by atoms with Crippen LogP contribution in [0.5, 0.6) is 5.75 Å². The van der Waals surface area contributed by atoms with Gasteiger partial charge in [0, 0.05) is 30.6 Å². The molecule has 0 aliphatic carbocycles. The van der Waals surface area contributed by atoms with Crippen LogP contribution >= 0.6 is 0 Å². The number of carbonyl (C=O) groups is 2. The van der Waals surface area contributed by atoms with Gasteiger partial charge in [-0.3, -0.25) is 9.59 Å². The number of hydrogen-bond acceptors (Lipinski definition) is 3.